The number of allylic oxidation sites excluding steroid dienone is 2. The van der Waals surface area contributed by atoms with Crippen molar-refractivity contribution in [2.24, 2.45) is 5.92 Å². The minimum absolute atomic E-state index is 0.0824. The standard InChI is InChI=1S/C25H21ClN2O4S/c26-16-3-1-4-17(12-16)28-33(29,30)18-8-9-22-21(13-18)19-5-2-6-20(19)25(27-22)15-7-10-23-24(11-15)32-14-31-23/h1-5,7-13,19-20,25,27-28H,6,14H2/t19-,20+,25+/m0/s1. The molecule has 3 atom stereocenters. The van der Waals surface area contributed by atoms with E-state index >= 15 is 0 Å². The van der Waals surface area contributed by atoms with Gasteiger partial charge in [0.05, 0.1) is 16.6 Å². The van der Waals surface area contributed by atoms with Gasteiger partial charge in [0.1, 0.15) is 0 Å². The van der Waals surface area contributed by atoms with Crippen LogP contribution in [0.4, 0.5) is 11.4 Å². The van der Waals surface area contributed by atoms with Crippen molar-refractivity contribution in [1.29, 1.82) is 0 Å². The van der Waals surface area contributed by atoms with Gasteiger partial charge in [-0.15, -0.1) is 0 Å². The van der Waals surface area contributed by atoms with Gasteiger partial charge in [-0.2, -0.15) is 0 Å². The Morgan fingerprint density at radius 2 is 1.88 bits per heavy atom. The Labute approximate surface area is 197 Å². The molecule has 0 saturated heterocycles. The van der Waals surface area contributed by atoms with Crippen LogP contribution in [0.3, 0.4) is 0 Å². The van der Waals surface area contributed by atoms with Crippen LogP contribution in [0.15, 0.2) is 77.7 Å². The summed E-state index contributed by atoms with van der Waals surface area (Å²) in [5, 5.41) is 4.11. The number of halogens is 1. The minimum atomic E-state index is -3.76. The third kappa shape index (κ3) is 3.61. The Morgan fingerprint density at radius 3 is 2.76 bits per heavy atom. The van der Waals surface area contributed by atoms with Crippen molar-refractivity contribution in [3.63, 3.8) is 0 Å². The average molecular weight is 481 g/mol. The summed E-state index contributed by atoms with van der Waals surface area (Å²) < 4.78 is 39.8. The van der Waals surface area contributed by atoms with Gasteiger partial charge in [0, 0.05) is 16.6 Å². The quantitative estimate of drug-likeness (QED) is 0.469. The second kappa shape index (κ2) is 7.71. The van der Waals surface area contributed by atoms with Gasteiger partial charge >= 0.3 is 0 Å². The summed E-state index contributed by atoms with van der Waals surface area (Å²) in [5.74, 6) is 1.92. The van der Waals surface area contributed by atoms with Gasteiger partial charge in [0.2, 0.25) is 6.79 Å². The van der Waals surface area contributed by atoms with Crippen LogP contribution in [0.1, 0.15) is 29.5 Å². The molecule has 0 aromatic heterocycles. The van der Waals surface area contributed by atoms with E-state index in [4.69, 9.17) is 21.1 Å². The lowest BCUT2D eigenvalue weighted by atomic mass is 9.77. The molecule has 33 heavy (non-hydrogen) atoms. The lowest BCUT2D eigenvalue weighted by Gasteiger charge is -2.37. The third-order valence-corrected chi connectivity index (χ3v) is 8.09. The summed E-state index contributed by atoms with van der Waals surface area (Å²) in [5.41, 5.74) is 3.48. The van der Waals surface area contributed by atoms with Crippen molar-refractivity contribution < 1.29 is 17.9 Å². The van der Waals surface area contributed by atoms with E-state index in [1.165, 1.54) is 0 Å². The number of rotatable bonds is 4. The zero-order chi connectivity index (χ0) is 22.6. The van der Waals surface area contributed by atoms with Gasteiger partial charge in [-0.25, -0.2) is 8.42 Å². The summed E-state index contributed by atoms with van der Waals surface area (Å²) in [6.45, 7) is 0.244. The highest BCUT2D eigenvalue weighted by Crippen LogP contribution is 2.51. The second-order valence-corrected chi connectivity index (χ2v) is 10.6. The highest BCUT2D eigenvalue weighted by atomic mass is 35.5. The molecule has 6 nitrogen and oxygen atoms in total. The number of fused-ring (bicyclic) bond motifs is 4. The zero-order valence-corrected chi connectivity index (χ0v) is 19.1. The molecular formula is C25H21ClN2O4S. The minimum Gasteiger partial charge on any atom is -0.454 e. The number of sulfonamides is 1. The van der Waals surface area contributed by atoms with E-state index < -0.39 is 10.0 Å². The molecule has 0 bridgehead atoms. The molecule has 1 aliphatic carbocycles. The van der Waals surface area contributed by atoms with Crippen LogP contribution in [0.2, 0.25) is 5.02 Å². The molecule has 6 rings (SSSR count). The first-order valence-corrected chi connectivity index (χ1v) is 12.6. The van der Waals surface area contributed by atoms with Gasteiger partial charge in [0.25, 0.3) is 10.0 Å². The first kappa shape index (κ1) is 20.4. The maximum Gasteiger partial charge on any atom is 0.261 e. The highest BCUT2D eigenvalue weighted by Gasteiger charge is 2.39. The summed E-state index contributed by atoms with van der Waals surface area (Å²) in [4.78, 5) is 0.226. The molecule has 2 N–H and O–H groups in total. The number of nitrogens with one attached hydrogen (secondary N) is 2. The molecule has 0 spiro atoms. The Bertz CT molecular complexity index is 1390. The summed E-state index contributed by atoms with van der Waals surface area (Å²) in [7, 11) is -3.76. The molecule has 168 valence electrons. The zero-order valence-electron chi connectivity index (χ0n) is 17.5. The van der Waals surface area contributed by atoms with Crippen LogP contribution < -0.4 is 19.5 Å². The predicted molar refractivity (Wildman–Crippen MR) is 128 cm³/mol. The molecule has 3 aromatic rings. The topological polar surface area (TPSA) is 76.7 Å². The first-order chi connectivity index (χ1) is 16.0. The van der Waals surface area contributed by atoms with Crippen LogP contribution in [-0.2, 0) is 10.0 Å². The lowest BCUT2D eigenvalue weighted by molar-refractivity contribution is 0.174. The Hall–Kier alpha value is -3.16. The Kier molecular flexibility index (Phi) is 4.78. The molecule has 0 amide bonds. The maximum absolute atomic E-state index is 13.1. The van der Waals surface area contributed by atoms with Gasteiger partial charge in [-0.3, -0.25) is 4.72 Å². The van der Waals surface area contributed by atoms with Crippen molar-refractivity contribution in [3.05, 3.63) is 89.0 Å². The van der Waals surface area contributed by atoms with E-state index in [1.807, 2.05) is 18.2 Å². The first-order valence-electron chi connectivity index (χ1n) is 10.7. The fraction of sp³-hybridized carbons (Fsp3) is 0.200. The molecular weight excluding hydrogens is 460 g/mol. The van der Waals surface area contributed by atoms with Crippen LogP contribution in [0.5, 0.6) is 11.5 Å². The summed E-state index contributed by atoms with van der Waals surface area (Å²) in [6.07, 6.45) is 5.27. The third-order valence-electron chi connectivity index (χ3n) is 6.48. The average Bonchev–Trinajstić information content (AvgIpc) is 3.47. The molecule has 0 fully saturated rings. The smallest absolute Gasteiger partial charge is 0.261 e. The monoisotopic (exact) mass is 480 g/mol. The van der Waals surface area contributed by atoms with Gasteiger partial charge < -0.3 is 14.8 Å². The van der Waals surface area contributed by atoms with Crippen LogP contribution >= 0.6 is 11.6 Å². The van der Waals surface area contributed by atoms with E-state index in [-0.39, 0.29) is 29.6 Å². The Balaban J connectivity index is 1.34. The number of hydrogen-bond acceptors (Lipinski definition) is 5. The Morgan fingerprint density at radius 1 is 1.00 bits per heavy atom. The summed E-state index contributed by atoms with van der Waals surface area (Å²) in [6, 6.07) is 18.1. The fourth-order valence-electron chi connectivity index (χ4n) is 4.94. The van der Waals surface area contributed by atoms with E-state index in [0.29, 0.717) is 10.7 Å². The van der Waals surface area contributed by atoms with E-state index in [0.717, 1.165) is 34.7 Å². The number of hydrogen-bond donors (Lipinski definition) is 2. The van der Waals surface area contributed by atoms with Crippen LogP contribution in [-0.4, -0.2) is 15.2 Å². The number of anilines is 2. The van der Waals surface area contributed by atoms with Crippen molar-refractivity contribution in [2.45, 2.75) is 23.3 Å². The fourth-order valence-corrected chi connectivity index (χ4v) is 6.22. The van der Waals surface area contributed by atoms with Crippen molar-refractivity contribution in [1.82, 2.24) is 0 Å². The summed E-state index contributed by atoms with van der Waals surface area (Å²) >= 11 is 6.01. The van der Waals surface area contributed by atoms with Gasteiger partial charge in [-0.1, -0.05) is 35.9 Å². The number of benzene rings is 3. The molecule has 0 saturated carbocycles. The van der Waals surface area contributed by atoms with E-state index in [2.05, 4.69) is 28.3 Å². The van der Waals surface area contributed by atoms with Crippen LogP contribution in [0.25, 0.3) is 0 Å². The molecule has 2 aliphatic heterocycles. The van der Waals surface area contributed by atoms with Crippen LogP contribution in [0, 0.1) is 5.92 Å². The highest BCUT2D eigenvalue weighted by molar-refractivity contribution is 7.92. The normalized spacial score (nSPS) is 22.4. The van der Waals surface area contributed by atoms with Crippen molar-refractivity contribution >= 4 is 33.0 Å². The lowest BCUT2D eigenvalue weighted by Crippen LogP contribution is -2.29. The van der Waals surface area contributed by atoms with Crippen molar-refractivity contribution in [2.75, 3.05) is 16.8 Å². The van der Waals surface area contributed by atoms with Gasteiger partial charge in [0.15, 0.2) is 11.5 Å². The van der Waals surface area contributed by atoms with Crippen molar-refractivity contribution in [3.8, 4) is 11.5 Å². The molecule has 0 unspecified atom stereocenters. The van der Waals surface area contributed by atoms with E-state index in [1.54, 1.807) is 36.4 Å². The molecule has 3 aromatic carbocycles. The molecule has 3 aliphatic rings. The van der Waals surface area contributed by atoms with E-state index in [9.17, 15) is 8.42 Å². The predicted octanol–water partition coefficient (Wildman–Crippen LogP) is 5.70. The molecule has 8 heteroatoms. The molecule has 0 radical (unpaired) electrons. The van der Waals surface area contributed by atoms with Gasteiger partial charge in [-0.05, 0) is 72.0 Å². The largest absolute Gasteiger partial charge is 0.454 e. The second-order valence-electron chi connectivity index (χ2n) is 8.45. The molecule has 2 heterocycles. The maximum atomic E-state index is 13.1. The number of ether oxygens (including phenoxy) is 2. The SMILES string of the molecule is O=S(=O)(Nc1cccc(Cl)c1)c1ccc2c(c1)[C@H]1C=CC[C@H]1[C@@H](c1ccc3c(c1)OCO3)N2.